The molecule has 0 aliphatic carbocycles. The third-order valence-electron chi connectivity index (χ3n) is 5.03. The minimum Gasteiger partial charge on any atom is -0.256 e. The van der Waals surface area contributed by atoms with Gasteiger partial charge in [0.05, 0.1) is 22.1 Å². The number of hydrogen-bond acceptors (Lipinski definition) is 4. The van der Waals surface area contributed by atoms with Crippen molar-refractivity contribution in [3.63, 3.8) is 0 Å². The fourth-order valence-corrected chi connectivity index (χ4v) is 3.48. The average Bonchev–Trinajstić information content (AvgIpc) is 2.84. The van der Waals surface area contributed by atoms with E-state index in [4.69, 9.17) is 0 Å². The number of hydrogen-bond donors (Lipinski definition) is 0. The molecule has 0 saturated carbocycles. The van der Waals surface area contributed by atoms with Crippen LogP contribution in [0.4, 0.5) is 20.2 Å². The fourth-order valence-electron chi connectivity index (χ4n) is 3.48. The van der Waals surface area contributed by atoms with Crippen LogP contribution in [0.5, 0.6) is 0 Å². The summed E-state index contributed by atoms with van der Waals surface area (Å²) in [5.74, 6) is -1.15. The van der Waals surface area contributed by atoms with Crippen LogP contribution in [0.25, 0.3) is 21.8 Å². The Morgan fingerprint density at radius 2 is 0.938 bits per heavy atom. The maximum absolute atomic E-state index is 14.9. The van der Waals surface area contributed by atoms with E-state index in [2.05, 4.69) is 20.2 Å². The van der Waals surface area contributed by atoms with E-state index in [-0.39, 0.29) is 21.8 Å². The number of aromatic nitrogens is 2. The zero-order chi connectivity index (χ0) is 21.9. The second-order valence-corrected chi connectivity index (χ2v) is 7.11. The molecule has 5 aromatic rings. The first-order valence-corrected chi connectivity index (χ1v) is 9.96. The summed E-state index contributed by atoms with van der Waals surface area (Å²) in [5, 5.41) is 8.60. The highest BCUT2D eigenvalue weighted by Crippen LogP contribution is 2.30. The molecule has 1 heterocycles. The molecule has 0 unspecified atom stereocenters. The van der Waals surface area contributed by atoms with Crippen molar-refractivity contribution in [2.24, 2.45) is 9.98 Å². The van der Waals surface area contributed by atoms with E-state index >= 15 is 0 Å². The lowest BCUT2D eigenvalue weighted by Crippen LogP contribution is -1.99. The molecule has 4 aromatic carbocycles. The predicted molar refractivity (Wildman–Crippen MR) is 124 cm³/mol. The minimum atomic E-state index is -0.576. The lowest BCUT2D eigenvalue weighted by Gasteiger charge is -2.08. The van der Waals surface area contributed by atoms with Crippen molar-refractivity contribution in [2.45, 2.75) is 0 Å². The van der Waals surface area contributed by atoms with Crippen molar-refractivity contribution in [3.05, 3.63) is 108 Å². The van der Waals surface area contributed by atoms with Crippen LogP contribution in [0.2, 0.25) is 0 Å². The number of benzene rings is 4. The zero-order valence-electron chi connectivity index (χ0n) is 16.8. The molecular weight excluding hydrogens is 406 g/mol. The summed E-state index contributed by atoms with van der Waals surface area (Å²) in [6.45, 7) is 0. The Kier molecular flexibility index (Phi) is 5.17. The molecule has 0 spiro atoms. The van der Waals surface area contributed by atoms with Crippen molar-refractivity contribution in [3.8, 4) is 0 Å². The molecule has 0 radical (unpaired) electrons. The van der Waals surface area contributed by atoms with Gasteiger partial charge in [-0.2, -0.15) is 0 Å². The van der Waals surface area contributed by atoms with Gasteiger partial charge in [-0.15, -0.1) is 10.2 Å². The van der Waals surface area contributed by atoms with Gasteiger partial charge in [0, 0.05) is 23.6 Å². The van der Waals surface area contributed by atoms with Gasteiger partial charge in [-0.3, -0.25) is 9.98 Å². The first-order chi connectivity index (χ1) is 15.7. The van der Waals surface area contributed by atoms with Crippen molar-refractivity contribution >= 4 is 45.6 Å². The number of para-hydroxylation sites is 2. The van der Waals surface area contributed by atoms with Gasteiger partial charge < -0.3 is 0 Å². The third kappa shape index (κ3) is 3.74. The topological polar surface area (TPSA) is 50.5 Å². The van der Waals surface area contributed by atoms with Crippen LogP contribution in [-0.2, 0) is 0 Å². The van der Waals surface area contributed by atoms with Gasteiger partial charge >= 0.3 is 0 Å². The van der Waals surface area contributed by atoms with Crippen LogP contribution in [0.15, 0.2) is 94.9 Å². The summed E-state index contributed by atoms with van der Waals surface area (Å²) in [6.07, 6.45) is 3.16. The second-order valence-electron chi connectivity index (χ2n) is 7.11. The summed E-state index contributed by atoms with van der Waals surface area (Å²) >= 11 is 0. The van der Waals surface area contributed by atoms with Gasteiger partial charge in [0.1, 0.15) is 22.7 Å². The Balaban J connectivity index is 1.67. The summed E-state index contributed by atoms with van der Waals surface area (Å²) in [7, 11) is 0. The molecule has 0 N–H and O–H groups in total. The number of nitrogens with zero attached hydrogens (tertiary/aromatic N) is 4. The van der Waals surface area contributed by atoms with Gasteiger partial charge in [0.25, 0.3) is 0 Å². The molecule has 0 bridgehead atoms. The van der Waals surface area contributed by atoms with Crippen molar-refractivity contribution in [1.82, 2.24) is 10.2 Å². The number of aliphatic imine (C=N–C) groups is 2. The van der Waals surface area contributed by atoms with E-state index in [1.54, 1.807) is 24.6 Å². The van der Waals surface area contributed by atoms with Gasteiger partial charge in [0.2, 0.25) is 0 Å². The van der Waals surface area contributed by atoms with E-state index in [1.165, 1.54) is 12.1 Å². The second kappa shape index (κ2) is 8.43. The van der Waals surface area contributed by atoms with Crippen molar-refractivity contribution in [1.29, 1.82) is 0 Å². The number of halogens is 2. The molecule has 32 heavy (non-hydrogen) atoms. The van der Waals surface area contributed by atoms with Crippen LogP contribution >= 0.6 is 0 Å². The number of rotatable bonds is 4. The number of fused-ring (bicyclic) bond motifs is 3. The van der Waals surface area contributed by atoms with E-state index in [9.17, 15) is 8.78 Å². The lowest BCUT2D eigenvalue weighted by molar-refractivity contribution is 0.631. The van der Waals surface area contributed by atoms with Crippen LogP contribution in [-0.4, -0.2) is 22.6 Å². The van der Waals surface area contributed by atoms with Crippen LogP contribution in [0.3, 0.4) is 0 Å². The first kappa shape index (κ1) is 19.6. The molecule has 0 amide bonds. The monoisotopic (exact) mass is 422 g/mol. The fraction of sp³-hybridized carbons (Fsp3) is 0. The highest BCUT2D eigenvalue weighted by Gasteiger charge is 2.16. The quantitative estimate of drug-likeness (QED) is 0.243. The zero-order valence-corrected chi connectivity index (χ0v) is 16.8. The molecule has 154 valence electrons. The van der Waals surface area contributed by atoms with Gasteiger partial charge in [-0.05, 0) is 48.5 Å². The molecule has 5 rings (SSSR count). The van der Waals surface area contributed by atoms with E-state index in [0.717, 1.165) is 11.4 Å². The summed E-state index contributed by atoms with van der Waals surface area (Å²) < 4.78 is 29.8. The minimum absolute atomic E-state index is 0.0690. The van der Waals surface area contributed by atoms with Crippen molar-refractivity contribution in [2.75, 3.05) is 0 Å². The van der Waals surface area contributed by atoms with Crippen LogP contribution in [0, 0.1) is 11.6 Å². The third-order valence-corrected chi connectivity index (χ3v) is 5.03. The smallest absolute Gasteiger partial charge is 0.133 e. The van der Waals surface area contributed by atoms with Gasteiger partial charge in [0.15, 0.2) is 0 Å². The Morgan fingerprint density at radius 1 is 0.531 bits per heavy atom. The molecule has 0 aliphatic rings. The molecular formula is C26H16F2N4. The Hall–Kier alpha value is -4.32. The molecule has 0 atom stereocenters. The molecule has 0 saturated heterocycles. The lowest BCUT2D eigenvalue weighted by atomic mass is 10.0. The van der Waals surface area contributed by atoms with Crippen molar-refractivity contribution < 1.29 is 8.78 Å². The molecule has 6 heteroatoms. The summed E-state index contributed by atoms with van der Waals surface area (Å²) in [6, 6.07) is 24.4. The normalized spacial score (nSPS) is 11.8. The largest absolute Gasteiger partial charge is 0.256 e. The molecule has 1 aromatic heterocycles. The SMILES string of the molecule is Fc1ccc(C=Nc2ccccc2)c2nnc3c(C=Nc4ccccc4)ccc(F)c3c12. The average molecular weight is 422 g/mol. The van der Waals surface area contributed by atoms with E-state index < -0.39 is 11.6 Å². The molecule has 0 fully saturated rings. The van der Waals surface area contributed by atoms with Gasteiger partial charge in [-0.1, -0.05) is 36.4 Å². The standard InChI is InChI=1S/C26H16F2N4/c27-21-13-11-17(15-29-19-7-3-1-4-8-19)25-23(21)24-22(28)14-12-18(26(24)32-31-25)16-30-20-9-5-2-6-10-20/h1-16H. The van der Waals surface area contributed by atoms with E-state index in [0.29, 0.717) is 11.1 Å². The maximum Gasteiger partial charge on any atom is 0.133 e. The van der Waals surface area contributed by atoms with Crippen LogP contribution < -0.4 is 0 Å². The maximum atomic E-state index is 14.9. The van der Waals surface area contributed by atoms with Crippen LogP contribution in [0.1, 0.15) is 11.1 Å². The molecule has 0 aliphatic heterocycles. The summed E-state index contributed by atoms with van der Waals surface area (Å²) in [4.78, 5) is 8.82. The van der Waals surface area contributed by atoms with Gasteiger partial charge in [-0.25, -0.2) is 8.78 Å². The Labute approximate surface area is 182 Å². The first-order valence-electron chi connectivity index (χ1n) is 9.96. The van der Waals surface area contributed by atoms with E-state index in [1.807, 2.05) is 60.7 Å². The highest BCUT2D eigenvalue weighted by molar-refractivity contribution is 6.13. The Morgan fingerprint density at radius 3 is 1.34 bits per heavy atom. The highest BCUT2D eigenvalue weighted by atomic mass is 19.1. The predicted octanol–water partition coefficient (Wildman–Crippen LogP) is 6.56. The summed E-state index contributed by atoms with van der Waals surface area (Å²) in [5.41, 5.74) is 3.06. The Bertz CT molecular complexity index is 1370. The molecule has 4 nitrogen and oxygen atoms in total.